The molecule has 1 aromatic carbocycles. The minimum Gasteiger partial charge on any atom is -0.349 e. The molecule has 2 aliphatic rings. The molecule has 2 saturated carbocycles. The van der Waals surface area contributed by atoms with Crippen LogP contribution in [0.3, 0.4) is 0 Å². The Kier molecular flexibility index (Phi) is 2.74. The van der Waals surface area contributed by atoms with E-state index in [1.54, 1.807) is 0 Å². The molecule has 0 radical (unpaired) electrons. The van der Waals surface area contributed by atoms with E-state index >= 15 is 0 Å². The second-order valence-corrected chi connectivity index (χ2v) is 7.00. The number of amides is 1. The molecule has 2 aliphatic carbocycles. The smallest absolute Gasteiger partial charge is 0.251 e. The Labute approximate surface area is 115 Å². The zero-order valence-corrected chi connectivity index (χ0v) is 12.1. The van der Waals surface area contributed by atoms with E-state index in [0.717, 1.165) is 17.9 Å². The number of carbonyl (C=O) groups excluding carboxylic acids is 1. The molecule has 0 aromatic heterocycles. The van der Waals surface area contributed by atoms with Crippen molar-refractivity contribution in [3.05, 3.63) is 35.9 Å². The molecule has 2 heteroatoms. The van der Waals surface area contributed by atoms with Gasteiger partial charge in [0.15, 0.2) is 0 Å². The average molecular weight is 257 g/mol. The Morgan fingerprint density at radius 3 is 2.42 bits per heavy atom. The lowest BCUT2D eigenvalue weighted by Gasteiger charge is -2.39. The molecule has 0 spiro atoms. The van der Waals surface area contributed by atoms with Crippen LogP contribution in [0.1, 0.15) is 50.4 Å². The molecule has 2 bridgehead atoms. The van der Waals surface area contributed by atoms with E-state index in [9.17, 15) is 4.79 Å². The maximum atomic E-state index is 12.3. The van der Waals surface area contributed by atoms with Crippen molar-refractivity contribution in [3.63, 3.8) is 0 Å². The van der Waals surface area contributed by atoms with Crippen molar-refractivity contribution < 1.29 is 4.79 Å². The summed E-state index contributed by atoms with van der Waals surface area (Å²) in [6.07, 6.45) is 3.70. The third-order valence-electron chi connectivity index (χ3n) is 6.14. The summed E-state index contributed by atoms with van der Waals surface area (Å²) in [5.41, 5.74) is 1.37. The molecular weight excluding hydrogens is 234 g/mol. The summed E-state index contributed by atoms with van der Waals surface area (Å²) in [7, 11) is 0. The van der Waals surface area contributed by atoms with Gasteiger partial charge in [-0.3, -0.25) is 4.79 Å². The Morgan fingerprint density at radius 1 is 1.21 bits per heavy atom. The van der Waals surface area contributed by atoms with E-state index < -0.39 is 0 Å². The summed E-state index contributed by atoms with van der Waals surface area (Å²) in [4.78, 5) is 12.3. The molecule has 3 rings (SSSR count). The zero-order valence-electron chi connectivity index (χ0n) is 12.1. The average Bonchev–Trinajstić information content (AvgIpc) is 2.73. The van der Waals surface area contributed by atoms with Gasteiger partial charge in [0.2, 0.25) is 0 Å². The van der Waals surface area contributed by atoms with Crippen molar-refractivity contribution in [1.29, 1.82) is 0 Å². The highest BCUT2D eigenvalue weighted by molar-refractivity contribution is 5.94. The van der Waals surface area contributed by atoms with Crippen molar-refractivity contribution in [1.82, 2.24) is 5.32 Å². The van der Waals surface area contributed by atoms with E-state index in [1.807, 2.05) is 30.3 Å². The lowest BCUT2D eigenvalue weighted by atomic mass is 9.69. The predicted octanol–water partition coefficient (Wildman–Crippen LogP) is 3.63. The van der Waals surface area contributed by atoms with Crippen LogP contribution in [-0.2, 0) is 0 Å². The maximum Gasteiger partial charge on any atom is 0.251 e. The number of hydrogen-bond acceptors (Lipinski definition) is 1. The van der Waals surface area contributed by atoms with Crippen molar-refractivity contribution in [3.8, 4) is 0 Å². The van der Waals surface area contributed by atoms with Crippen LogP contribution in [0.25, 0.3) is 0 Å². The largest absolute Gasteiger partial charge is 0.349 e. The molecule has 0 saturated heterocycles. The predicted molar refractivity (Wildman–Crippen MR) is 76.9 cm³/mol. The van der Waals surface area contributed by atoms with Crippen LogP contribution in [-0.4, -0.2) is 11.9 Å². The minimum atomic E-state index is 0.0789. The van der Waals surface area contributed by atoms with E-state index in [1.165, 1.54) is 12.8 Å². The van der Waals surface area contributed by atoms with E-state index in [0.29, 0.717) is 11.5 Å². The molecule has 0 aliphatic heterocycles. The quantitative estimate of drug-likeness (QED) is 0.861. The highest BCUT2D eigenvalue weighted by Gasteiger charge is 2.61. The number of nitrogens with one attached hydrogen (secondary N) is 1. The molecule has 1 aromatic rings. The molecule has 0 heterocycles. The molecule has 2 nitrogen and oxygen atoms in total. The van der Waals surface area contributed by atoms with Gasteiger partial charge in [-0.05, 0) is 48.1 Å². The summed E-state index contributed by atoms with van der Waals surface area (Å²) in [5.74, 6) is 0.841. The second-order valence-electron chi connectivity index (χ2n) is 7.00. The minimum absolute atomic E-state index is 0.0789. The number of carbonyl (C=O) groups is 1. The molecule has 0 unspecified atom stereocenters. The summed E-state index contributed by atoms with van der Waals surface area (Å²) in [5, 5.41) is 3.28. The fourth-order valence-corrected chi connectivity index (χ4v) is 4.25. The standard InChI is InChI=1S/C17H23NO/c1-16(2)13-9-10-17(16,3)14(11-13)18-15(19)12-7-5-4-6-8-12/h4-8,13-14H,9-11H2,1-3H3,(H,18,19)/t13-,14-,17+/m0/s1. The zero-order chi connectivity index (χ0) is 13.7. The Morgan fingerprint density at radius 2 is 1.89 bits per heavy atom. The lowest BCUT2D eigenvalue weighted by Crippen LogP contribution is -2.46. The molecule has 2 fully saturated rings. The lowest BCUT2D eigenvalue weighted by molar-refractivity contribution is 0.0826. The fraction of sp³-hybridized carbons (Fsp3) is 0.588. The first-order valence-electron chi connectivity index (χ1n) is 7.31. The van der Waals surface area contributed by atoms with Crippen LogP contribution in [0.2, 0.25) is 0 Å². The first-order chi connectivity index (χ1) is 8.95. The molecular formula is C17H23NO. The summed E-state index contributed by atoms with van der Waals surface area (Å²) in [6.45, 7) is 7.11. The third kappa shape index (κ3) is 1.73. The summed E-state index contributed by atoms with van der Waals surface area (Å²) < 4.78 is 0. The normalized spacial score (nSPS) is 35.3. The van der Waals surface area contributed by atoms with E-state index in [-0.39, 0.29) is 11.3 Å². The van der Waals surface area contributed by atoms with Crippen LogP contribution >= 0.6 is 0 Å². The maximum absolute atomic E-state index is 12.3. The first kappa shape index (κ1) is 12.7. The van der Waals surface area contributed by atoms with Crippen molar-refractivity contribution in [2.24, 2.45) is 16.7 Å². The van der Waals surface area contributed by atoms with Gasteiger partial charge < -0.3 is 5.32 Å². The SMILES string of the molecule is CC1(C)[C@H]2CC[C@]1(C)[C@@H](NC(=O)c1ccccc1)C2. The molecule has 1 amide bonds. The highest BCUT2D eigenvalue weighted by Crippen LogP contribution is 2.65. The summed E-state index contributed by atoms with van der Waals surface area (Å²) in [6, 6.07) is 9.88. The van der Waals surface area contributed by atoms with Crippen molar-refractivity contribution in [2.75, 3.05) is 0 Å². The van der Waals surface area contributed by atoms with Crippen LogP contribution in [0.4, 0.5) is 0 Å². The number of benzene rings is 1. The van der Waals surface area contributed by atoms with Gasteiger partial charge in [0.1, 0.15) is 0 Å². The highest BCUT2D eigenvalue weighted by atomic mass is 16.1. The first-order valence-corrected chi connectivity index (χ1v) is 7.31. The topological polar surface area (TPSA) is 29.1 Å². The number of hydrogen-bond donors (Lipinski definition) is 1. The number of fused-ring (bicyclic) bond motifs is 2. The van der Waals surface area contributed by atoms with Crippen molar-refractivity contribution in [2.45, 2.75) is 46.1 Å². The van der Waals surface area contributed by atoms with Gasteiger partial charge in [-0.2, -0.15) is 0 Å². The summed E-state index contributed by atoms with van der Waals surface area (Å²) >= 11 is 0. The van der Waals surface area contributed by atoms with Crippen LogP contribution in [0.15, 0.2) is 30.3 Å². The van der Waals surface area contributed by atoms with Crippen LogP contribution in [0, 0.1) is 16.7 Å². The fourth-order valence-electron chi connectivity index (χ4n) is 4.25. The molecule has 3 atom stereocenters. The van der Waals surface area contributed by atoms with Gasteiger partial charge in [0.25, 0.3) is 5.91 Å². The van der Waals surface area contributed by atoms with Crippen LogP contribution < -0.4 is 5.32 Å². The second kappa shape index (κ2) is 4.09. The monoisotopic (exact) mass is 257 g/mol. The van der Waals surface area contributed by atoms with Crippen molar-refractivity contribution >= 4 is 5.91 Å². The Hall–Kier alpha value is -1.31. The van der Waals surface area contributed by atoms with Gasteiger partial charge in [0.05, 0.1) is 0 Å². The number of rotatable bonds is 2. The molecule has 19 heavy (non-hydrogen) atoms. The third-order valence-corrected chi connectivity index (χ3v) is 6.14. The Bertz CT molecular complexity index is 493. The van der Waals surface area contributed by atoms with Gasteiger partial charge >= 0.3 is 0 Å². The van der Waals surface area contributed by atoms with Gasteiger partial charge in [-0.25, -0.2) is 0 Å². The Balaban J connectivity index is 1.78. The van der Waals surface area contributed by atoms with E-state index in [2.05, 4.69) is 26.1 Å². The van der Waals surface area contributed by atoms with Gasteiger partial charge in [-0.1, -0.05) is 39.0 Å². The van der Waals surface area contributed by atoms with E-state index in [4.69, 9.17) is 0 Å². The molecule has 1 N–H and O–H groups in total. The van der Waals surface area contributed by atoms with Gasteiger partial charge in [0, 0.05) is 11.6 Å². The van der Waals surface area contributed by atoms with Crippen LogP contribution in [0.5, 0.6) is 0 Å². The molecule has 102 valence electrons. The van der Waals surface area contributed by atoms with Gasteiger partial charge in [-0.15, -0.1) is 0 Å².